The molecular formula is C18H24N6O3. The fourth-order valence-corrected chi connectivity index (χ4v) is 2.62. The molecule has 1 saturated heterocycles. The number of piperazine rings is 1. The first kappa shape index (κ1) is 18.7. The van der Waals surface area contributed by atoms with Gasteiger partial charge in [0.15, 0.2) is 5.82 Å². The summed E-state index contributed by atoms with van der Waals surface area (Å²) in [6.45, 7) is 7.28. The van der Waals surface area contributed by atoms with Gasteiger partial charge in [-0.3, -0.25) is 0 Å². The van der Waals surface area contributed by atoms with Crippen LogP contribution in [0.25, 0.3) is 5.82 Å². The molecule has 27 heavy (non-hydrogen) atoms. The highest BCUT2D eigenvalue weighted by Crippen LogP contribution is 2.14. The summed E-state index contributed by atoms with van der Waals surface area (Å²) >= 11 is 0. The van der Waals surface area contributed by atoms with E-state index in [2.05, 4.69) is 15.4 Å². The summed E-state index contributed by atoms with van der Waals surface area (Å²) in [6.07, 6.45) is 4.71. The minimum absolute atomic E-state index is 0.215. The smallest absolute Gasteiger partial charge is 0.410 e. The quantitative estimate of drug-likeness (QED) is 0.873. The van der Waals surface area contributed by atoms with Gasteiger partial charge in [0.25, 0.3) is 0 Å². The van der Waals surface area contributed by atoms with Gasteiger partial charge in [0.1, 0.15) is 5.60 Å². The highest BCUT2D eigenvalue weighted by molar-refractivity contribution is 5.89. The van der Waals surface area contributed by atoms with Gasteiger partial charge in [0, 0.05) is 38.6 Å². The minimum Gasteiger partial charge on any atom is -0.444 e. The van der Waals surface area contributed by atoms with E-state index in [-0.39, 0.29) is 12.1 Å². The van der Waals surface area contributed by atoms with Crippen LogP contribution in [0.4, 0.5) is 15.3 Å². The second-order valence-electron chi connectivity index (χ2n) is 7.24. The van der Waals surface area contributed by atoms with E-state index in [4.69, 9.17) is 4.74 Å². The number of urea groups is 1. The van der Waals surface area contributed by atoms with E-state index in [1.165, 1.54) is 0 Å². The molecule has 1 fully saturated rings. The van der Waals surface area contributed by atoms with E-state index in [0.29, 0.717) is 37.7 Å². The average molecular weight is 372 g/mol. The number of nitrogens with zero attached hydrogens (tertiary/aromatic N) is 5. The van der Waals surface area contributed by atoms with Gasteiger partial charge in [-0.2, -0.15) is 5.10 Å². The molecule has 1 aliphatic heterocycles. The van der Waals surface area contributed by atoms with Crippen LogP contribution < -0.4 is 5.32 Å². The normalized spacial score (nSPS) is 14.8. The van der Waals surface area contributed by atoms with Crippen LogP contribution in [0.1, 0.15) is 20.8 Å². The van der Waals surface area contributed by atoms with Crippen molar-refractivity contribution in [3.05, 3.63) is 36.8 Å². The highest BCUT2D eigenvalue weighted by Gasteiger charge is 2.27. The van der Waals surface area contributed by atoms with Crippen molar-refractivity contribution in [2.75, 3.05) is 31.5 Å². The van der Waals surface area contributed by atoms with Gasteiger partial charge in [-0.25, -0.2) is 19.3 Å². The molecule has 0 unspecified atom stereocenters. The fourth-order valence-electron chi connectivity index (χ4n) is 2.62. The SMILES string of the molecule is CC(C)(C)OC(=O)N1CCN(C(=O)Nc2ccc(-n3cccn3)nc2)CC1. The van der Waals surface area contributed by atoms with Crippen LogP contribution in [-0.2, 0) is 4.74 Å². The van der Waals surface area contributed by atoms with Crippen molar-refractivity contribution in [1.29, 1.82) is 0 Å². The Hall–Kier alpha value is -3.10. The minimum atomic E-state index is -0.527. The van der Waals surface area contributed by atoms with Crippen molar-refractivity contribution in [3.63, 3.8) is 0 Å². The molecule has 0 saturated carbocycles. The number of ether oxygens (including phenoxy) is 1. The third-order valence-corrected chi connectivity index (χ3v) is 3.96. The number of hydrogen-bond acceptors (Lipinski definition) is 5. The van der Waals surface area contributed by atoms with Gasteiger partial charge in [-0.05, 0) is 39.0 Å². The van der Waals surface area contributed by atoms with Gasteiger partial charge in [-0.1, -0.05) is 0 Å². The van der Waals surface area contributed by atoms with E-state index in [0.717, 1.165) is 0 Å². The van der Waals surface area contributed by atoms with Crippen LogP contribution in [0.15, 0.2) is 36.8 Å². The maximum absolute atomic E-state index is 12.4. The zero-order valence-corrected chi connectivity index (χ0v) is 15.8. The second-order valence-corrected chi connectivity index (χ2v) is 7.24. The second kappa shape index (κ2) is 7.65. The zero-order valence-electron chi connectivity index (χ0n) is 15.8. The van der Waals surface area contributed by atoms with Gasteiger partial charge in [0.05, 0.1) is 11.9 Å². The summed E-state index contributed by atoms with van der Waals surface area (Å²) in [7, 11) is 0. The molecule has 2 aromatic rings. The van der Waals surface area contributed by atoms with Crippen LogP contribution in [0.3, 0.4) is 0 Å². The molecule has 1 N–H and O–H groups in total. The maximum atomic E-state index is 12.4. The van der Waals surface area contributed by atoms with Gasteiger partial charge in [-0.15, -0.1) is 0 Å². The lowest BCUT2D eigenvalue weighted by molar-refractivity contribution is 0.0174. The van der Waals surface area contributed by atoms with E-state index >= 15 is 0 Å². The Morgan fingerprint density at radius 3 is 2.37 bits per heavy atom. The van der Waals surface area contributed by atoms with Crippen molar-refractivity contribution >= 4 is 17.8 Å². The lowest BCUT2D eigenvalue weighted by Crippen LogP contribution is -2.52. The van der Waals surface area contributed by atoms with E-state index in [1.807, 2.05) is 26.8 Å². The Labute approximate surface area is 157 Å². The molecule has 0 radical (unpaired) electrons. The number of carbonyl (C=O) groups is 2. The molecule has 2 aromatic heterocycles. The van der Waals surface area contributed by atoms with E-state index in [1.54, 1.807) is 45.2 Å². The summed E-state index contributed by atoms with van der Waals surface area (Å²) in [5, 5.41) is 6.94. The summed E-state index contributed by atoms with van der Waals surface area (Å²) in [4.78, 5) is 32.1. The Morgan fingerprint density at radius 2 is 1.81 bits per heavy atom. The molecule has 9 nitrogen and oxygen atoms in total. The molecule has 3 rings (SSSR count). The number of hydrogen-bond donors (Lipinski definition) is 1. The molecular weight excluding hydrogens is 348 g/mol. The summed E-state index contributed by atoms with van der Waals surface area (Å²) in [5.41, 5.74) is 0.0754. The van der Waals surface area contributed by atoms with E-state index in [9.17, 15) is 9.59 Å². The Bertz CT molecular complexity index is 774. The lowest BCUT2D eigenvalue weighted by Gasteiger charge is -2.35. The number of carbonyl (C=O) groups excluding carboxylic acids is 2. The van der Waals surface area contributed by atoms with E-state index < -0.39 is 5.60 Å². The molecule has 0 spiro atoms. The Morgan fingerprint density at radius 1 is 1.11 bits per heavy atom. The monoisotopic (exact) mass is 372 g/mol. The van der Waals surface area contributed by atoms with Crippen molar-refractivity contribution in [3.8, 4) is 5.82 Å². The van der Waals surface area contributed by atoms with Crippen LogP contribution in [0.2, 0.25) is 0 Å². The maximum Gasteiger partial charge on any atom is 0.410 e. The first-order valence-electron chi connectivity index (χ1n) is 8.82. The largest absolute Gasteiger partial charge is 0.444 e. The van der Waals surface area contributed by atoms with Crippen molar-refractivity contribution in [2.45, 2.75) is 26.4 Å². The number of amides is 3. The van der Waals surface area contributed by atoms with Crippen molar-refractivity contribution < 1.29 is 14.3 Å². The fraction of sp³-hybridized carbons (Fsp3) is 0.444. The number of aromatic nitrogens is 3. The first-order valence-corrected chi connectivity index (χ1v) is 8.82. The number of nitrogens with one attached hydrogen (secondary N) is 1. The number of pyridine rings is 1. The zero-order chi connectivity index (χ0) is 19.4. The molecule has 9 heteroatoms. The predicted octanol–water partition coefficient (Wildman–Crippen LogP) is 2.35. The predicted molar refractivity (Wildman–Crippen MR) is 99.8 cm³/mol. The lowest BCUT2D eigenvalue weighted by atomic mass is 10.2. The topological polar surface area (TPSA) is 92.6 Å². The van der Waals surface area contributed by atoms with Crippen LogP contribution in [0.5, 0.6) is 0 Å². The molecule has 0 aromatic carbocycles. The van der Waals surface area contributed by atoms with Crippen molar-refractivity contribution in [1.82, 2.24) is 24.6 Å². The first-order chi connectivity index (χ1) is 12.8. The third-order valence-electron chi connectivity index (χ3n) is 3.96. The summed E-state index contributed by atoms with van der Waals surface area (Å²) < 4.78 is 7.00. The molecule has 144 valence electrons. The van der Waals surface area contributed by atoms with Crippen LogP contribution in [0, 0.1) is 0 Å². The number of anilines is 1. The Balaban J connectivity index is 1.50. The molecule has 3 amide bonds. The Kier molecular flexibility index (Phi) is 5.29. The molecule has 0 atom stereocenters. The van der Waals surface area contributed by atoms with Crippen LogP contribution >= 0.6 is 0 Å². The highest BCUT2D eigenvalue weighted by atomic mass is 16.6. The third kappa shape index (κ3) is 4.96. The standard InChI is InChI=1S/C18H24N6O3/c1-18(2,3)27-17(26)23-11-9-22(10-12-23)16(25)21-14-5-6-15(19-13-14)24-8-4-7-20-24/h4-8,13H,9-12H2,1-3H3,(H,21,25). The van der Waals surface area contributed by atoms with Gasteiger partial charge in [0.2, 0.25) is 0 Å². The summed E-state index contributed by atoms with van der Waals surface area (Å²) in [6, 6.07) is 5.16. The number of rotatable bonds is 2. The van der Waals surface area contributed by atoms with Crippen LogP contribution in [-0.4, -0.2) is 68.5 Å². The molecule has 1 aliphatic rings. The molecule has 3 heterocycles. The van der Waals surface area contributed by atoms with Gasteiger partial charge < -0.3 is 19.9 Å². The molecule has 0 bridgehead atoms. The summed E-state index contributed by atoms with van der Waals surface area (Å²) in [5.74, 6) is 0.670. The molecule has 0 aliphatic carbocycles. The van der Waals surface area contributed by atoms with Crippen molar-refractivity contribution in [2.24, 2.45) is 0 Å². The van der Waals surface area contributed by atoms with Gasteiger partial charge >= 0.3 is 12.1 Å². The average Bonchev–Trinajstić information content (AvgIpc) is 3.16.